The lowest BCUT2D eigenvalue weighted by atomic mass is 10.2. The lowest BCUT2D eigenvalue weighted by Gasteiger charge is -2.09. The van der Waals surface area contributed by atoms with Crippen molar-refractivity contribution in [2.45, 2.75) is 19.9 Å². The van der Waals surface area contributed by atoms with Crippen molar-refractivity contribution in [2.75, 3.05) is 6.54 Å². The number of rotatable bonds is 4. The molecular weight excluding hydrogens is 160 g/mol. The minimum absolute atomic E-state index is 0.121. The molecule has 5 heteroatoms. The van der Waals surface area contributed by atoms with E-state index < -0.39 is 17.9 Å². The first-order valence-corrected chi connectivity index (χ1v) is 3.71. The summed E-state index contributed by atoms with van der Waals surface area (Å²) in [6.45, 7) is 3.18. The first kappa shape index (κ1) is 10.9. The predicted molar refractivity (Wildman–Crippen MR) is 43.5 cm³/mol. The maximum atomic E-state index is 10.8. The van der Waals surface area contributed by atoms with Gasteiger partial charge in [-0.15, -0.1) is 0 Å². The fourth-order valence-corrected chi connectivity index (χ4v) is 0.502. The average molecular weight is 174 g/mol. The van der Waals surface area contributed by atoms with Crippen LogP contribution in [0, 0.1) is 5.92 Å². The molecule has 0 aliphatic carbocycles. The molecular formula is C7H14N2O3. The van der Waals surface area contributed by atoms with Crippen molar-refractivity contribution in [1.82, 2.24) is 5.32 Å². The topological polar surface area (TPSA) is 92.4 Å². The molecule has 0 aliphatic heterocycles. The number of carboxylic acid groups (broad SMARTS) is 1. The highest BCUT2D eigenvalue weighted by Crippen LogP contribution is 1.91. The summed E-state index contributed by atoms with van der Waals surface area (Å²) in [5.74, 6) is -1.84. The highest BCUT2D eigenvalue weighted by atomic mass is 16.4. The van der Waals surface area contributed by atoms with Gasteiger partial charge in [-0.1, -0.05) is 6.92 Å². The van der Waals surface area contributed by atoms with Crippen molar-refractivity contribution in [2.24, 2.45) is 11.7 Å². The summed E-state index contributed by atoms with van der Waals surface area (Å²) in [7, 11) is 0. The molecule has 2 atom stereocenters. The third-order valence-electron chi connectivity index (χ3n) is 1.42. The molecule has 0 aromatic rings. The first-order chi connectivity index (χ1) is 5.45. The molecule has 12 heavy (non-hydrogen) atoms. The molecule has 0 spiro atoms. The number of carboxylic acids is 1. The van der Waals surface area contributed by atoms with Crippen LogP contribution in [0.15, 0.2) is 0 Å². The molecule has 5 nitrogen and oxygen atoms in total. The molecule has 0 fully saturated rings. The Bertz CT molecular complexity index is 179. The third-order valence-corrected chi connectivity index (χ3v) is 1.42. The minimum Gasteiger partial charge on any atom is -0.481 e. The van der Waals surface area contributed by atoms with Gasteiger partial charge in [0.05, 0.1) is 12.0 Å². The summed E-state index contributed by atoms with van der Waals surface area (Å²) in [5.41, 5.74) is 5.24. The van der Waals surface area contributed by atoms with E-state index in [2.05, 4.69) is 5.32 Å². The highest BCUT2D eigenvalue weighted by molar-refractivity contribution is 5.81. The van der Waals surface area contributed by atoms with Gasteiger partial charge in [-0.05, 0) is 6.92 Å². The monoisotopic (exact) mass is 174 g/mol. The zero-order chi connectivity index (χ0) is 9.72. The second-order valence-corrected chi connectivity index (χ2v) is 2.77. The van der Waals surface area contributed by atoms with Crippen molar-refractivity contribution < 1.29 is 14.7 Å². The van der Waals surface area contributed by atoms with E-state index in [1.165, 1.54) is 6.92 Å². The van der Waals surface area contributed by atoms with Crippen LogP contribution in [0.4, 0.5) is 0 Å². The Morgan fingerprint density at radius 3 is 2.33 bits per heavy atom. The van der Waals surface area contributed by atoms with E-state index in [0.29, 0.717) is 0 Å². The Balaban J connectivity index is 3.69. The van der Waals surface area contributed by atoms with E-state index >= 15 is 0 Å². The number of carbonyl (C=O) groups is 2. The number of nitrogens with two attached hydrogens (primary N) is 1. The lowest BCUT2D eigenvalue weighted by molar-refractivity contribution is -0.141. The van der Waals surface area contributed by atoms with Gasteiger partial charge in [0.1, 0.15) is 0 Å². The number of carbonyl (C=O) groups excluding carboxylic acids is 1. The molecule has 4 N–H and O–H groups in total. The lowest BCUT2D eigenvalue weighted by Crippen LogP contribution is -2.41. The largest absolute Gasteiger partial charge is 0.481 e. The molecule has 0 aliphatic rings. The SMILES string of the molecule is CC(CNC(=O)[C@@H](C)N)C(=O)O. The van der Waals surface area contributed by atoms with Crippen LogP contribution in [0.5, 0.6) is 0 Å². The molecule has 0 rings (SSSR count). The second kappa shape index (κ2) is 4.71. The maximum absolute atomic E-state index is 10.8. The van der Waals surface area contributed by atoms with Crippen LogP contribution in [0.25, 0.3) is 0 Å². The zero-order valence-electron chi connectivity index (χ0n) is 7.20. The van der Waals surface area contributed by atoms with E-state index in [4.69, 9.17) is 10.8 Å². The van der Waals surface area contributed by atoms with Gasteiger partial charge in [-0.25, -0.2) is 0 Å². The normalized spacial score (nSPS) is 14.9. The van der Waals surface area contributed by atoms with Gasteiger partial charge in [0, 0.05) is 6.54 Å². The molecule has 0 aromatic carbocycles. The molecule has 0 bridgehead atoms. The van der Waals surface area contributed by atoms with Crippen LogP contribution >= 0.6 is 0 Å². The Morgan fingerprint density at radius 1 is 1.50 bits per heavy atom. The predicted octanol–water partition coefficient (Wildman–Crippen LogP) is -0.829. The van der Waals surface area contributed by atoms with Crippen molar-refractivity contribution in [1.29, 1.82) is 0 Å². The molecule has 1 amide bonds. The molecule has 70 valence electrons. The number of hydrogen-bond acceptors (Lipinski definition) is 3. The van der Waals surface area contributed by atoms with Crippen LogP contribution in [0.1, 0.15) is 13.8 Å². The summed E-state index contributed by atoms with van der Waals surface area (Å²) in [5, 5.41) is 10.9. The molecule has 0 saturated heterocycles. The van der Waals surface area contributed by atoms with E-state index in [0.717, 1.165) is 0 Å². The van der Waals surface area contributed by atoms with E-state index in [9.17, 15) is 9.59 Å². The van der Waals surface area contributed by atoms with E-state index in [1.54, 1.807) is 6.92 Å². The molecule has 0 heterocycles. The zero-order valence-corrected chi connectivity index (χ0v) is 7.20. The van der Waals surface area contributed by atoms with Crippen LogP contribution < -0.4 is 11.1 Å². The van der Waals surface area contributed by atoms with Crippen LogP contribution in [-0.4, -0.2) is 29.6 Å². The number of hydrogen-bond donors (Lipinski definition) is 3. The quantitative estimate of drug-likeness (QED) is 0.518. The van der Waals surface area contributed by atoms with Crippen LogP contribution in [0.2, 0.25) is 0 Å². The van der Waals surface area contributed by atoms with Crippen molar-refractivity contribution >= 4 is 11.9 Å². The molecule has 0 aromatic heterocycles. The molecule has 0 saturated carbocycles. The minimum atomic E-state index is -0.931. The van der Waals surface area contributed by atoms with Gasteiger partial charge in [-0.3, -0.25) is 9.59 Å². The van der Waals surface area contributed by atoms with Crippen LogP contribution in [-0.2, 0) is 9.59 Å². The van der Waals surface area contributed by atoms with E-state index in [1.807, 2.05) is 0 Å². The van der Waals surface area contributed by atoms with Gasteiger partial charge < -0.3 is 16.2 Å². The Morgan fingerprint density at radius 2 is 2.00 bits per heavy atom. The fourth-order valence-electron chi connectivity index (χ4n) is 0.502. The Labute approximate surface area is 70.9 Å². The van der Waals surface area contributed by atoms with Crippen molar-refractivity contribution in [3.63, 3.8) is 0 Å². The van der Waals surface area contributed by atoms with Gasteiger partial charge in [-0.2, -0.15) is 0 Å². The van der Waals surface area contributed by atoms with Gasteiger partial charge in [0.25, 0.3) is 0 Å². The summed E-state index contributed by atoms with van der Waals surface area (Å²) in [4.78, 5) is 21.1. The molecule has 1 unspecified atom stereocenters. The smallest absolute Gasteiger partial charge is 0.308 e. The summed E-state index contributed by atoms with van der Waals surface area (Å²) >= 11 is 0. The number of aliphatic carboxylic acids is 1. The van der Waals surface area contributed by atoms with Gasteiger partial charge >= 0.3 is 5.97 Å². The fraction of sp³-hybridized carbons (Fsp3) is 0.714. The Hall–Kier alpha value is -1.10. The van der Waals surface area contributed by atoms with Crippen molar-refractivity contribution in [3.8, 4) is 0 Å². The molecule has 0 radical (unpaired) electrons. The summed E-state index contributed by atoms with van der Waals surface area (Å²) in [6.07, 6.45) is 0. The third kappa shape index (κ3) is 3.92. The number of nitrogens with one attached hydrogen (secondary N) is 1. The highest BCUT2D eigenvalue weighted by Gasteiger charge is 2.13. The van der Waals surface area contributed by atoms with Gasteiger partial charge in [0.2, 0.25) is 5.91 Å². The van der Waals surface area contributed by atoms with Crippen LogP contribution in [0.3, 0.4) is 0 Å². The average Bonchev–Trinajstić information content (AvgIpc) is 1.98. The second-order valence-electron chi connectivity index (χ2n) is 2.77. The first-order valence-electron chi connectivity index (χ1n) is 3.71. The van der Waals surface area contributed by atoms with Gasteiger partial charge in [0.15, 0.2) is 0 Å². The Kier molecular flexibility index (Phi) is 4.28. The standard InChI is InChI=1S/C7H14N2O3/c1-4(7(11)12)3-9-6(10)5(2)8/h4-5H,3,8H2,1-2H3,(H,9,10)(H,11,12)/t4?,5-/m1/s1. The maximum Gasteiger partial charge on any atom is 0.308 e. The summed E-state index contributed by atoms with van der Waals surface area (Å²) in [6, 6.07) is -0.592. The summed E-state index contributed by atoms with van der Waals surface area (Å²) < 4.78 is 0. The number of amides is 1. The van der Waals surface area contributed by atoms with E-state index in [-0.39, 0.29) is 12.5 Å². The van der Waals surface area contributed by atoms with Crippen molar-refractivity contribution in [3.05, 3.63) is 0 Å².